The second kappa shape index (κ2) is 6.63. The maximum Gasteiger partial charge on any atom is 0.180 e. The molecule has 0 N–H and O–H groups in total. The molecule has 3 aromatic heterocycles. The van der Waals surface area contributed by atoms with Crippen LogP contribution in [0.3, 0.4) is 0 Å². The molecule has 1 atom stereocenters. The first-order valence-electron chi connectivity index (χ1n) is 8.79. The van der Waals surface area contributed by atoms with Crippen LogP contribution in [0.2, 0.25) is 0 Å². The van der Waals surface area contributed by atoms with Crippen LogP contribution in [-0.4, -0.2) is 31.3 Å². The van der Waals surface area contributed by atoms with E-state index in [4.69, 9.17) is 4.98 Å². The van der Waals surface area contributed by atoms with Gasteiger partial charge in [0.2, 0.25) is 0 Å². The van der Waals surface area contributed by atoms with E-state index in [0.717, 1.165) is 43.0 Å². The predicted molar refractivity (Wildman–Crippen MR) is 97.2 cm³/mol. The molecule has 0 aromatic carbocycles. The molecule has 4 rings (SSSR count). The molecule has 0 amide bonds. The zero-order valence-electron chi connectivity index (χ0n) is 14.6. The first-order valence-corrected chi connectivity index (χ1v) is 8.79. The van der Waals surface area contributed by atoms with E-state index in [1.807, 2.05) is 36.1 Å². The van der Waals surface area contributed by atoms with Gasteiger partial charge in [0.1, 0.15) is 11.5 Å². The van der Waals surface area contributed by atoms with E-state index >= 15 is 0 Å². The van der Waals surface area contributed by atoms with E-state index in [1.165, 1.54) is 5.56 Å². The van der Waals surface area contributed by atoms with Crippen molar-refractivity contribution in [3.05, 3.63) is 54.1 Å². The third-order valence-electron chi connectivity index (χ3n) is 4.68. The molecule has 1 fully saturated rings. The van der Waals surface area contributed by atoms with Crippen molar-refractivity contribution in [2.24, 2.45) is 7.05 Å². The molecule has 128 valence electrons. The first-order chi connectivity index (χ1) is 12.2. The molecule has 4 heterocycles. The highest BCUT2D eigenvalue weighted by atomic mass is 15.3. The predicted octanol–water partition coefficient (Wildman–Crippen LogP) is 3.18. The number of hydrogen-bond donors (Lipinski definition) is 0. The van der Waals surface area contributed by atoms with Crippen molar-refractivity contribution < 1.29 is 0 Å². The average molecular weight is 334 g/mol. The maximum absolute atomic E-state index is 4.84. The number of aryl methyl sites for hydroxylation is 2. The third kappa shape index (κ3) is 3.12. The summed E-state index contributed by atoms with van der Waals surface area (Å²) in [5, 5.41) is 4.34. The highest BCUT2D eigenvalue weighted by Gasteiger charge is 2.28. The minimum atomic E-state index is 0.324. The zero-order chi connectivity index (χ0) is 17.2. The minimum Gasteiger partial charge on any atom is -0.349 e. The standard InChI is InChI=1S/C19H22N6/c1-3-15-11-18(23-19(22-15)16-7-4-5-9-20-16)25-10-6-8-17(25)14-12-21-24(2)13-14/h4-5,7,9,11-13,17H,3,6,8,10H2,1-2H3. The summed E-state index contributed by atoms with van der Waals surface area (Å²) in [6.45, 7) is 3.12. The Hall–Kier alpha value is -2.76. The van der Waals surface area contributed by atoms with Gasteiger partial charge in [-0.05, 0) is 31.4 Å². The van der Waals surface area contributed by atoms with E-state index in [1.54, 1.807) is 6.20 Å². The Kier molecular flexibility index (Phi) is 4.17. The SMILES string of the molecule is CCc1cc(N2CCCC2c2cnn(C)c2)nc(-c2ccccn2)n1. The number of anilines is 1. The maximum atomic E-state index is 4.84. The first kappa shape index (κ1) is 15.7. The van der Waals surface area contributed by atoms with E-state index < -0.39 is 0 Å². The Labute approximate surface area is 147 Å². The monoisotopic (exact) mass is 334 g/mol. The lowest BCUT2D eigenvalue weighted by atomic mass is 10.1. The Morgan fingerprint density at radius 3 is 2.88 bits per heavy atom. The van der Waals surface area contributed by atoms with Gasteiger partial charge in [-0.15, -0.1) is 0 Å². The van der Waals surface area contributed by atoms with Crippen molar-refractivity contribution in [1.82, 2.24) is 24.7 Å². The van der Waals surface area contributed by atoms with Crippen molar-refractivity contribution in [3.8, 4) is 11.5 Å². The summed E-state index contributed by atoms with van der Waals surface area (Å²) in [6, 6.07) is 8.28. The zero-order valence-corrected chi connectivity index (χ0v) is 14.6. The molecule has 1 saturated heterocycles. The van der Waals surface area contributed by atoms with Crippen LogP contribution in [-0.2, 0) is 13.5 Å². The lowest BCUT2D eigenvalue weighted by molar-refractivity contribution is 0.706. The van der Waals surface area contributed by atoms with Crippen LogP contribution < -0.4 is 4.90 Å². The second-order valence-electron chi connectivity index (χ2n) is 6.41. The molecule has 0 spiro atoms. The van der Waals surface area contributed by atoms with Gasteiger partial charge in [0.05, 0.1) is 12.2 Å². The summed E-state index contributed by atoms with van der Waals surface area (Å²) >= 11 is 0. The number of hydrogen-bond acceptors (Lipinski definition) is 5. The largest absolute Gasteiger partial charge is 0.349 e. The fourth-order valence-corrected chi connectivity index (χ4v) is 3.42. The average Bonchev–Trinajstić information content (AvgIpc) is 3.30. The lowest BCUT2D eigenvalue weighted by Crippen LogP contribution is -2.24. The quantitative estimate of drug-likeness (QED) is 0.733. The normalized spacial score (nSPS) is 17.2. The van der Waals surface area contributed by atoms with E-state index in [2.05, 4.69) is 39.2 Å². The molecular weight excluding hydrogens is 312 g/mol. The molecular formula is C19H22N6. The van der Waals surface area contributed by atoms with Crippen LogP contribution in [0.4, 0.5) is 5.82 Å². The van der Waals surface area contributed by atoms with Gasteiger partial charge in [0.15, 0.2) is 5.82 Å². The lowest BCUT2D eigenvalue weighted by Gasteiger charge is -2.25. The Balaban J connectivity index is 1.74. The number of nitrogens with zero attached hydrogens (tertiary/aromatic N) is 6. The van der Waals surface area contributed by atoms with Crippen molar-refractivity contribution in [2.45, 2.75) is 32.2 Å². The van der Waals surface area contributed by atoms with E-state index in [9.17, 15) is 0 Å². The summed E-state index contributed by atoms with van der Waals surface area (Å²) in [7, 11) is 1.96. The third-order valence-corrected chi connectivity index (χ3v) is 4.68. The van der Waals surface area contributed by atoms with E-state index in [0.29, 0.717) is 11.9 Å². The molecule has 0 saturated carbocycles. The minimum absolute atomic E-state index is 0.324. The molecule has 0 aliphatic carbocycles. The molecule has 3 aromatic rings. The highest BCUT2D eigenvalue weighted by Crippen LogP contribution is 2.35. The summed E-state index contributed by atoms with van der Waals surface area (Å²) in [5.74, 6) is 1.69. The number of pyridine rings is 1. The molecule has 25 heavy (non-hydrogen) atoms. The topological polar surface area (TPSA) is 59.7 Å². The van der Waals surface area contributed by atoms with Gasteiger partial charge in [-0.25, -0.2) is 9.97 Å². The van der Waals surface area contributed by atoms with Gasteiger partial charge in [-0.1, -0.05) is 13.0 Å². The number of aromatic nitrogens is 5. The summed E-state index contributed by atoms with van der Waals surface area (Å²) < 4.78 is 1.86. The van der Waals surface area contributed by atoms with Crippen molar-refractivity contribution in [2.75, 3.05) is 11.4 Å². The highest BCUT2D eigenvalue weighted by molar-refractivity contribution is 5.55. The number of rotatable bonds is 4. The molecule has 6 nitrogen and oxygen atoms in total. The van der Waals surface area contributed by atoms with Crippen molar-refractivity contribution in [3.63, 3.8) is 0 Å². The molecule has 1 aliphatic heterocycles. The Morgan fingerprint density at radius 1 is 1.24 bits per heavy atom. The Morgan fingerprint density at radius 2 is 2.16 bits per heavy atom. The van der Waals surface area contributed by atoms with Gasteiger partial charge in [0.25, 0.3) is 0 Å². The van der Waals surface area contributed by atoms with Crippen LogP contribution in [0.1, 0.15) is 37.1 Å². The van der Waals surface area contributed by atoms with Crippen LogP contribution in [0.5, 0.6) is 0 Å². The van der Waals surface area contributed by atoms with E-state index in [-0.39, 0.29) is 0 Å². The molecule has 1 unspecified atom stereocenters. The van der Waals surface area contributed by atoms with Crippen LogP contribution in [0, 0.1) is 0 Å². The second-order valence-corrected chi connectivity index (χ2v) is 6.41. The van der Waals surface area contributed by atoms with Gasteiger partial charge in [0, 0.05) is 43.3 Å². The van der Waals surface area contributed by atoms with Crippen LogP contribution in [0.25, 0.3) is 11.5 Å². The van der Waals surface area contributed by atoms with Crippen LogP contribution >= 0.6 is 0 Å². The summed E-state index contributed by atoms with van der Waals surface area (Å²) in [5.41, 5.74) is 3.11. The van der Waals surface area contributed by atoms with Gasteiger partial charge >= 0.3 is 0 Å². The molecule has 0 bridgehead atoms. The fraction of sp³-hybridized carbons (Fsp3) is 0.368. The van der Waals surface area contributed by atoms with Crippen molar-refractivity contribution in [1.29, 1.82) is 0 Å². The van der Waals surface area contributed by atoms with Gasteiger partial charge in [-0.3, -0.25) is 9.67 Å². The molecule has 0 radical (unpaired) electrons. The fourth-order valence-electron chi connectivity index (χ4n) is 3.42. The van der Waals surface area contributed by atoms with Gasteiger partial charge < -0.3 is 4.90 Å². The van der Waals surface area contributed by atoms with Crippen molar-refractivity contribution >= 4 is 5.82 Å². The summed E-state index contributed by atoms with van der Waals surface area (Å²) in [4.78, 5) is 16.3. The van der Waals surface area contributed by atoms with Crippen LogP contribution in [0.15, 0.2) is 42.9 Å². The molecule has 1 aliphatic rings. The van der Waals surface area contributed by atoms with Gasteiger partial charge in [-0.2, -0.15) is 5.10 Å². The molecule has 6 heteroatoms. The smallest absolute Gasteiger partial charge is 0.180 e. The summed E-state index contributed by atoms with van der Waals surface area (Å²) in [6.07, 6.45) is 9.00. The Bertz CT molecular complexity index is 857.